The van der Waals surface area contributed by atoms with Gasteiger partial charge in [-0.1, -0.05) is 18.2 Å². The largest absolute Gasteiger partial charge is 0.414 e. The minimum absolute atomic E-state index is 0.00308. The van der Waals surface area contributed by atoms with Gasteiger partial charge in [0.2, 0.25) is 0 Å². The number of aromatic nitrogens is 2. The number of hydrogen-bond acceptors (Lipinski definition) is 3. The van der Waals surface area contributed by atoms with Crippen molar-refractivity contribution < 1.29 is 27.1 Å². The molecule has 5 nitrogen and oxygen atoms in total. The van der Waals surface area contributed by atoms with Gasteiger partial charge in [-0.25, -0.2) is 9.07 Å². The molecule has 152 valence electrons. The Kier molecular flexibility index (Phi) is 5.69. The minimum atomic E-state index is -4.45. The summed E-state index contributed by atoms with van der Waals surface area (Å²) in [6, 6.07) is 13.5. The molecule has 0 unspecified atom stereocenters. The fraction of sp³-hybridized carbons (Fsp3) is 0.200. The molecule has 9 heteroatoms. The lowest BCUT2D eigenvalue weighted by Gasteiger charge is -2.16. The van der Waals surface area contributed by atoms with Crippen molar-refractivity contribution in [2.75, 3.05) is 0 Å². The first-order valence-electron chi connectivity index (χ1n) is 8.58. The van der Waals surface area contributed by atoms with E-state index in [4.69, 9.17) is 10.5 Å². The van der Waals surface area contributed by atoms with E-state index < -0.39 is 24.0 Å². The summed E-state index contributed by atoms with van der Waals surface area (Å²) in [4.78, 5) is 11.6. The molecule has 0 aliphatic carbocycles. The normalized spacial score (nSPS) is 12.7. The number of nitrogens with two attached hydrogens (primary N) is 1. The predicted octanol–water partition coefficient (Wildman–Crippen LogP) is 4.24. The van der Waals surface area contributed by atoms with E-state index >= 15 is 0 Å². The Balaban J connectivity index is 1.96. The summed E-state index contributed by atoms with van der Waals surface area (Å²) >= 11 is 0. The van der Waals surface area contributed by atoms with Gasteiger partial charge in [0.05, 0.1) is 18.0 Å². The highest BCUT2D eigenvalue weighted by atomic mass is 19.4. The molecule has 2 aromatic carbocycles. The molecule has 0 saturated heterocycles. The highest BCUT2D eigenvalue weighted by Crippen LogP contribution is 2.27. The second-order valence-corrected chi connectivity index (χ2v) is 6.36. The summed E-state index contributed by atoms with van der Waals surface area (Å²) in [6.07, 6.45) is -6.35. The van der Waals surface area contributed by atoms with Gasteiger partial charge in [0.15, 0.2) is 11.8 Å². The number of ether oxygens (including phenoxy) is 1. The van der Waals surface area contributed by atoms with Gasteiger partial charge in [-0.15, -0.1) is 0 Å². The molecule has 1 amide bonds. The van der Waals surface area contributed by atoms with Crippen molar-refractivity contribution >= 4 is 5.91 Å². The number of benzene rings is 2. The first-order chi connectivity index (χ1) is 13.6. The number of alkyl halides is 3. The fourth-order valence-corrected chi connectivity index (χ4v) is 2.62. The maximum absolute atomic E-state index is 13.2. The van der Waals surface area contributed by atoms with Crippen LogP contribution in [-0.4, -0.2) is 28.0 Å². The lowest BCUT2D eigenvalue weighted by Crippen LogP contribution is -2.28. The van der Waals surface area contributed by atoms with Gasteiger partial charge in [-0.2, -0.15) is 18.3 Å². The van der Waals surface area contributed by atoms with Crippen LogP contribution in [0.2, 0.25) is 0 Å². The zero-order chi connectivity index (χ0) is 21.2. The summed E-state index contributed by atoms with van der Waals surface area (Å²) < 4.78 is 57.5. The van der Waals surface area contributed by atoms with E-state index in [2.05, 4.69) is 5.10 Å². The smallest absolute Gasteiger partial charge is 0.364 e. The number of rotatable bonds is 6. The molecule has 0 radical (unpaired) electrons. The number of nitrogens with zero attached hydrogens (tertiary/aromatic N) is 2. The van der Waals surface area contributed by atoms with E-state index in [9.17, 15) is 22.4 Å². The highest BCUT2D eigenvalue weighted by molar-refractivity contribution is 5.92. The van der Waals surface area contributed by atoms with E-state index in [0.29, 0.717) is 22.5 Å². The Hall–Kier alpha value is -3.20. The van der Waals surface area contributed by atoms with Gasteiger partial charge < -0.3 is 10.5 Å². The van der Waals surface area contributed by atoms with Crippen LogP contribution in [0.1, 0.15) is 23.0 Å². The maximum atomic E-state index is 13.2. The van der Waals surface area contributed by atoms with Gasteiger partial charge >= 0.3 is 6.18 Å². The van der Waals surface area contributed by atoms with Crippen molar-refractivity contribution in [3.63, 3.8) is 0 Å². The predicted molar refractivity (Wildman–Crippen MR) is 97.8 cm³/mol. The number of amides is 1. The minimum Gasteiger partial charge on any atom is -0.364 e. The Labute approximate surface area is 163 Å². The average Bonchev–Trinajstić information content (AvgIpc) is 3.12. The molecule has 0 bridgehead atoms. The topological polar surface area (TPSA) is 70.1 Å². The van der Waals surface area contributed by atoms with Crippen LogP contribution in [0, 0.1) is 5.82 Å². The molecule has 0 aliphatic rings. The quantitative estimate of drug-likeness (QED) is 0.622. The van der Waals surface area contributed by atoms with E-state index in [1.807, 2.05) is 0 Å². The van der Waals surface area contributed by atoms with Crippen LogP contribution >= 0.6 is 0 Å². The van der Waals surface area contributed by atoms with Crippen LogP contribution in [0.5, 0.6) is 0 Å². The van der Waals surface area contributed by atoms with Crippen molar-refractivity contribution in [3.05, 3.63) is 71.7 Å². The summed E-state index contributed by atoms with van der Waals surface area (Å²) in [7, 11) is 0. The number of carbonyl (C=O) groups excluding carboxylic acids is 1. The Bertz CT molecular complexity index is 1010. The van der Waals surface area contributed by atoms with E-state index in [0.717, 1.165) is 6.92 Å². The lowest BCUT2D eigenvalue weighted by atomic mass is 10.1. The average molecular weight is 407 g/mol. The van der Waals surface area contributed by atoms with Crippen LogP contribution < -0.4 is 5.73 Å². The monoisotopic (exact) mass is 407 g/mol. The zero-order valence-corrected chi connectivity index (χ0v) is 15.3. The lowest BCUT2D eigenvalue weighted by molar-refractivity contribution is -0.217. The number of carbonyl (C=O) groups is 1. The van der Waals surface area contributed by atoms with E-state index in [-0.39, 0.29) is 12.3 Å². The fourth-order valence-electron chi connectivity index (χ4n) is 2.62. The second kappa shape index (κ2) is 8.04. The molecule has 0 fully saturated rings. The molecule has 3 rings (SSSR count). The maximum Gasteiger partial charge on any atom is 0.414 e. The Morgan fingerprint density at radius 3 is 2.48 bits per heavy atom. The first-order valence-corrected chi connectivity index (χ1v) is 8.58. The molecular formula is C20H17F4N3O2. The van der Waals surface area contributed by atoms with Gasteiger partial charge in [-0.3, -0.25) is 4.79 Å². The second-order valence-electron chi connectivity index (χ2n) is 6.36. The van der Waals surface area contributed by atoms with Crippen molar-refractivity contribution in [1.29, 1.82) is 0 Å². The van der Waals surface area contributed by atoms with Gasteiger partial charge in [0, 0.05) is 5.56 Å². The number of primary amides is 1. The van der Waals surface area contributed by atoms with Gasteiger partial charge in [0.1, 0.15) is 5.82 Å². The van der Waals surface area contributed by atoms with Crippen molar-refractivity contribution in [2.24, 2.45) is 5.73 Å². The van der Waals surface area contributed by atoms with Crippen LogP contribution in [0.3, 0.4) is 0 Å². The molecule has 3 aromatic rings. The molecule has 1 heterocycles. The third-order valence-corrected chi connectivity index (χ3v) is 4.22. The first kappa shape index (κ1) is 20.5. The molecule has 29 heavy (non-hydrogen) atoms. The molecule has 1 aromatic heterocycles. The van der Waals surface area contributed by atoms with Crippen LogP contribution in [0.4, 0.5) is 17.6 Å². The highest BCUT2D eigenvalue weighted by Gasteiger charge is 2.36. The summed E-state index contributed by atoms with van der Waals surface area (Å²) in [5.74, 6) is -1.18. The van der Waals surface area contributed by atoms with Crippen molar-refractivity contribution in [3.8, 4) is 16.9 Å². The van der Waals surface area contributed by atoms with Crippen LogP contribution in [0.15, 0.2) is 54.6 Å². The third-order valence-electron chi connectivity index (χ3n) is 4.22. The number of halogens is 4. The SMILES string of the molecule is C[C@@H](OCc1cccc(-c2cc(C(N)=O)nn2-c2ccc(F)cc2)c1)C(F)(F)F. The van der Waals surface area contributed by atoms with E-state index in [1.165, 1.54) is 35.0 Å². The molecule has 0 aliphatic heterocycles. The molecule has 0 saturated carbocycles. The number of hydrogen-bond donors (Lipinski definition) is 1. The van der Waals surface area contributed by atoms with Crippen molar-refractivity contribution in [2.45, 2.75) is 25.8 Å². The Morgan fingerprint density at radius 1 is 1.17 bits per heavy atom. The molecular weight excluding hydrogens is 390 g/mol. The summed E-state index contributed by atoms with van der Waals surface area (Å²) in [5.41, 5.74) is 7.36. The summed E-state index contributed by atoms with van der Waals surface area (Å²) in [6.45, 7) is 0.689. The zero-order valence-electron chi connectivity index (χ0n) is 15.3. The van der Waals surface area contributed by atoms with Gasteiger partial charge in [-0.05, 0) is 48.9 Å². The van der Waals surface area contributed by atoms with Crippen molar-refractivity contribution in [1.82, 2.24) is 9.78 Å². The molecule has 2 N–H and O–H groups in total. The Morgan fingerprint density at radius 2 is 1.86 bits per heavy atom. The standard InChI is InChI=1S/C20H17F4N3O2/c1-12(20(22,23)24)29-11-13-3-2-4-14(9-13)18-10-17(19(25)28)26-27(18)16-7-5-15(21)6-8-16/h2-10,12H,11H2,1H3,(H2,25,28)/t12-/m1/s1. The molecule has 1 atom stereocenters. The van der Waals surface area contributed by atoms with Crippen LogP contribution in [0.25, 0.3) is 16.9 Å². The third kappa shape index (κ3) is 4.80. The summed E-state index contributed by atoms with van der Waals surface area (Å²) in [5, 5.41) is 4.16. The van der Waals surface area contributed by atoms with Gasteiger partial charge in [0.25, 0.3) is 5.91 Å². The molecule has 0 spiro atoms. The van der Waals surface area contributed by atoms with E-state index in [1.54, 1.807) is 24.3 Å². The van der Waals surface area contributed by atoms with Crippen LogP contribution in [-0.2, 0) is 11.3 Å².